The number of amides is 1. The third-order valence-electron chi connectivity index (χ3n) is 5.88. The van der Waals surface area contributed by atoms with Crippen LogP contribution in [0.1, 0.15) is 47.4 Å². The van der Waals surface area contributed by atoms with Crippen LogP contribution in [-0.4, -0.2) is 44.3 Å². The number of carbonyl (C=O) groups excluding carboxylic acids is 1. The number of nitrogens with one attached hydrogen (secondary N) is 1. The van der Waals surface area contributed by atoms with Gasteiger partial charge in [0.15, 0.2) is 11.6 Å². The minimum atomic E-state index is -0.454. The monoisotopic (exact) mass is 453 g/mol. The fourth-order valence-corrected chi connectivity index (χ4v) is 4.04. The number of hydrogen-bond donors (Lipinski definition) is 2. The second kappa shape index (κ2) is 10.0. The van der Waals surface area contributed by atoms with Gasteiger partial charge in [-0.1, -0.05) is 6.07 Å². The Kier molecular flexibility index (Phi) is 6.93. The third-order valence-corrected chi connectivity index (χ3v) is 5.88. The molecule has 1 amide bonds. The number of halogens is 1. The largest absolute Gasteiger partial charge is 0.494 e. The molecule has 1 aromatic carbocycles. The summed E-state index contributed by atoms with van der Waals surface area (Å²) >= 11 is 0. The number of methoxy groups -OCH3 is 1. The van der Waals surface area contributed by atoms with Gasteiger partial charge in [-0.2, -0.15) is 4.80 Å². The van der Waals surface area contributed by atoms with Crippen LogP contribution in [0.25, 0.3) is 11.4 Å². The second-order valence-corrected chi connectivity index (χ2v) is 8.48. The molecule has 1 aliphatic rings. The Balaban J connectivity index is 1.43. The molecule has 0 spiro atoms. The van der Waals surface area contributed by atoms with Crippen molar-refractivity contribution in [3.8, 4) is 17.1 Å². The van der Waals surface area contributed by atoms with Crippen molar-refractivity contribution in [2.45, 2.75) is 51.7 Å². The lowest BCUT2D eigenvalue weighted by molar-refractivity contribution is 0.0945. The van der Waals surface area contributed by atoms with E-state index in [0.29, 0.717) is 41.1 Å². The maximum atomic E-state index is 13.6. The van der Waals surface area contributed by atoms with Crippen LogP contribution in [0.15, 0.2) is 30.3 Å². The lowest BCUT2D eigenvalue weighted by Gasteiger charge is -2.25. The normalized spacial score (nSPS) is 18.2. The van der Waals surface area contributed by atoms with Crippen molar-refractivity contribution in [1.29, 1.82) is 0 Å². The Bertz CT molecular complexity index is 1130. The van der Waals surface area contributed by atoms with E-state index < -0.39 is 5.82 Å². The molecule has 10 heteroatoms. The number of nitrogens with two attached hydrogens (primary N) is 1. The summed E-state index contributed by atoms with van der Waals surface area (Å²) in [7, 11) is 1.40. The highest BCUT2D eigenvalue weighted by Crippen LogP contribution is 2.24. The zero-order valence-corrected chi connectivity index (χ0v) is 18.8. The summed E-state index contributed by atoms with van der Waals surface area (Å²) in [5.74, 6) is 0.269. The highest BCUT2D eigenvalue weighted by molar-refractivity contribution is 5.93. The number of pyridine rings is 1. The summed E-state index contributed by atoms with van der Waals surface area (Å²) in [5.41, 5.74) is 8.28. The molecule has 33 heavy (non-hydrogen) atoms. The minimum Gasteiger partial charge on any atom is -0.494 e. The molecular weight excluding hydrogens is 425 g/mol. The molecule has 0 radical (unpaired) electrons. The maximum absolute atomic E-state index is 13.6. The van der Waals surface area contributed by atoms with E-state index in [-0.39, 0.29) is 23.9 Å². The van der Waals surface area contributed by atoms with Crippen molar-refractivity contribution < 1.29 is 13.9 Å². The Hall–Kier alpha value is -3.40. The highest BCUT2D eigenvalue weighted by Gasteiger charge is 2.20. The van der Waals surface area contributed by atoms with Crippen molar-refractivity contribution in [2.75, 3.05) is 7.11 Å². The Morgan fingerprint density at radius 1 is 1.24 bits per heavy atom. The van der Waals surface area contributed by atoms with Gasteiger partial charge in [-0.25, -0.2) is 9.37 Å². The van der Waals surface area contributed by atoms with Crippen LogP contribution in [0.2, 0.25) is 0 Å². The lowest BCUT2D eigenvalue weighted by atomic mass is 9.86. The third kappa shape index (κ3) is 5.70. The van der Waals surface area contributed by atoms with E-state index in [2.05, 4.69) is 25.7 Å². The molecule has 1 aliphatic carbocycles. The van der Waals surface area contributed by atoms with Crippen LogP contribution in [-0.2, 0) is 13.1 Å². The van der Waals surface area contributed by atoms with Gasteiger partial charge in [0, 0.05) is 23.8 Å². The van der Waals surface area contributed by atoms with E-state index in [1.807, 2.05) is 6.07 Å². The molecule has 0 bridgehead atoms. The van der Waals surface area contributed by atoms with Gasteiger partial charge in [-0.3, -0.25) is 4.79 Å². The van der Waals surface area contributed by atoms with E-state index in [4.69, 9.17) is 10.5 Å². The Morgan fingerprint density at radius 3 is 2.79 bits per heavy atom. The van der Waals surface area contributed by atoms with Crippen molar-refractivity contribution in [3.05, 3.63) is 53.1 Å². The molecule has 1 saturated carbocycles. The summed E-state index contributed by atoms with van der Waals surface area (Å²) in [6.45, 7) is 2.72. The topological polar surface area (TPSA) is 121 Å². The van der Waals surface area contributed by atoms with Gasteiger partial charge < -0.3 is 15.8 Å². The van der Waals surface area contributed by atoms with E-state index in [0.717, 1.165) is 25.7 Å². The van der Waals surface area contributed by atoms with E-state index in [1.54, 1.807) is 29.9 Å². The van der Waals surface area contributed by atoms with Crippen LogP contribution in [0.5, 0.6) is 5.75 Å². The molecule has 4 rings (SSSR count). The standard InChI is InChI=1S/C23H28FN7O2/c1-14-9-17(22-28-30-31(29-22)13-15-3-6-18(25)7-4-15)11-20(27-14)23(32)26-12-16-5-8-19(24)21(10-16)33-2/h5,8-11,15,18H,3-4,6-7,12-13,25H2,1-2H3,(H,26,32)/t15-,18+. The first kappa shape index (κ1) is 22.8. The number of nitrogens with zero attached hydrogens (tertiary/aromatic N) is 5. The molecule has 0 unspecified atom stereocenters. The first-order valence-corrected chi connectivity index (χ1v) is 11.0. The summed E-state index contributed by atoms with van der Waals surface area (Å²) in [5, 5.41) is 15.7. The van der Waals surface area contributed by atoms with Crippen LogP contribution in [0.3, 0.4) is 0 Å². The summed E-state index contributed by atoms with van der Waals surface area (Å²) in [6.07, 6.45) is 4.19. The number of ether oxygens (including phenoxy) is 1. The molecule has 0 saturated heterocycles. The first-order valence-electron chi connectivity index (χ1n) is 11.0. The molecule has 174 valence electrons. The van der Waals surface area contributed by atoms with Gasteiger partial charge in [-0.05, 0) is 73.6 Å². The predicted molar refractivity (Wildman–Crippen MR) is 120 cm³/mol. The summed E-state index contributed by atoms with van der Waals surface area (Å²) < 4.78 is 18.6. The fourth-order valence-electron chi connectivity index (χ4n) is 4.04. The van der Waals surface area contributed by atoms with Gasteiger partial charge in [0.25, 0.3) is 5.91 Å². The number of aryl methyl sites for hydroxylation is 1. The van der Waals surface area contributed by atoms with Gasteiger partial charge in [0.05, 0.1) is 13.7 Å². The number of carbonyl (C=O) groups is 1. The SMILES string of the molecule is COc1cc(CNC(=O)c2cc(-c3nnn(C[C@H]4CC[C@@H](N)CC4)n3)cc(C)n2)ccc1F. The molecule has 0 atom stereocenters. The second-order valence-electron chi connectivity index (χ2n) is 8.48. The van der Waals surface area contributed by atoms with Gasteiger partial charge in [-0.15, -0.1) is 10.2 Å². The van der Waals surface area contributed by atoms with E-state index >= 15 is 0 Å². The Morgan fingerprint density at radius 2 is 2.03 bits per heavy atom. The zero-order chi connectivity index (χ0) is 23.4. The average molecular weight is 454 g/mol. The quantitative estimate of drug-likeness (QED) is 0.564. The molecule has 2 heterocycles. The maximum Gasteiger partial charge on any atom is 0.270 e. The number of benzene rings is 1. The highest BCUT2D eigenvalue weighted by atomic mass is 19.1. The van der Waals surface area contributed by atoms with Crippen LogP contribution >= 0.6 is 0 Å². The van der Waals surface area contributed by atoms with Gasteiger partial charge in [0.2, 0.25) is 5.82 Å². The van der Waals surface area contributed by atoms with Crippen molar-refractivity contribution >= 4 is 5.91 Å². The van der Waals surface area contributed by atoms with E-state index in [9.17, 15) is 9.18 Å². The predicted octanol–water partition coefficient (Wildman–Crippen LogP) is 2.64. The molecule has 2 aromatic heterocycles. The summed E-state index contributed by atoms with van der Waals surface area (Å²) in [4.78, 5) is 18.7. The number of aromatic nitrogens is 5. The molecule has 1 fully saturated rings. The van der Waals surface area contributed by atoms with Crippen LogP contribution in [0.4, 0.5) is 4.39 Å². The van der Waals surface area contributed by atoms with Crippen molar-refractivity contribution in [1.82, 2.24) is 30.5 Å². The van der Waals surface area contributed by atoms with E-state index in [1.165, 1.54) is 13.2 Å². The average Bonchev–Trinajstić information content (AvgIpc) is 3.28. The van der Waals surface area contributed by atoms with Crippen LogP contribution in [0, 0.1) is 18.7 Å². The minimum absolute atomic E-state index is 0.128. The van der Waals surface area contributed by atoms with Gasteiger partial charge >= 0.3 is 0 Å². The molecule has 0 aliphatic heterocycles. The summed E-state index contributed by atoms with van der Waals surface area (Å²) in [6, 6.07) is 8.22. The molecule has 3 N–H and O–H groups in total. The van der Waals surface area contributed by atoms with Crippen molar-refractivity contribution in [2.24, 2.45) is 11.7 Å². The zero-order valence-electron chi connectivity index (χ0n) is 18.8. The number of hydrogen-bond acceptors (Lipinski definition) is 7. The Labute approximate surface area is 191 Å². The van der Waals surface area contributed by atoms with Gasteiger partial charge in [0.1, 0.15) is 5.69 Å². The first-order chi connectivity index (χ1) is 15.9. The molecule has 3 aromatic rings. The fraction of sp³-hybridized carbons (Fsp3) is 0.435. The van der Waals surface area contributed by atoms with Crippen molar-refractivity contribution in [3.63, 3.8) is 0 Å². The van der Waals surface area contributed by atoms with Crippen LogP contribution < -0.4 is 15.8 Å². The molecule has 9 nitrogen and oxygen atoms in total. The molecular formula is C23H28FN7O2. The number of rotatable bonds is 7. The number of tetrazole rings is 1. The smallest absolute Gasteiger partial charge is 0.270 e. The lowest BCUT2D eigenvalue weighted by Crippen LogP contribution is -2.28.